The number of hydrogen-bond acceptors (Lipinski definition) is 1. The maximum absolute atomic E-state index is 6.16. The molecular weight excluding hydrogens is 230 g/mol. The number of benzene rings is 1. The molecule has 2 aliphatic carbocycles. The molecule has 0 aromatic heterocycles. The van der Waals surface area contributed by atoms with Gasteiger partial charge in [0.25, 0.3) is 0 Å². The third kappa shape index (κ3) is 2.33. The van der Waals surface area contributed by atoms with Crippen LogP contribution < -0.4 is 5.73 Å². The second-order valence-corrected chi connectivity index (χ2v) is 7.04. The van der Waals surface area contributed by atoms with E-state index < -0.39 is 0 Å². The van der Waals surface area contributed by atoms with E-state index in [9.17, 15) is 0 Å². The van der Waals surface area contributed by atoms with Crippen LogP contribution in [0.15, 0.2) is 6.07 Å². The normalized spacial score (nSPS) is 26.2. The highest BCUT2D eigenvalue weighted by Gasteiger charge is 2.27. The average Bonchev–Trinajstić information content (AvgIpc) is 2.38. The van der Waals surface area contributed by atoms with Crippen molar-refractivity contribution in [3.05, 3.63) is 33.9 Å². The molecule has 0 radical (unpaired) electrons. The van der Waals surface area contributed by atoms with E-state index >= 15 is 0 Å². The van der Waals surface area contributed by atoms with Gasteiger partial charge < -0.3 is 5.73 Å². The van der Waals surface area contributed by atoms with Crippen molar-refractivity contribution in [1.29, 1.82) is 0 Å². The molecule has 0 aliphatic heterocycles. The van der Waals surface area contributed by atoms with Crippen LogP contribution in [-0.2, 0) is 25.7 Å². The summed E-state index contributed by atoms with van der Waals surface area (Å²) in [7, 11) is 0. The Labute approximate surface area is 117 Å². The summed E-state index contributed by atoms with van der Waals surface area (Å²) in [6, 6.07) is 2.86. The van der Waals surface area contributed by atoms with Crippen LogP contribution in [0.3, 0.4) is 0 Å². The summed E-state index contributed by atoms with van der Waals surface area (Å²) >= 11 is 0. The second-order valence-electron chi connectivity index (χ2n) is 7.04. The van der Waals surface area contributed by atoms with Gasteiger partial charge in [0.1, 0.15) is 0 Å². The van der Waals surface area contributed by atoms with Gasteiger partial charge in [-0.3, -0.25) is 0 Å². The molecule has 1 nitrogen and oxygen atoms in total. The maximum Gasteiger partial charge on any atom is 0.00826 e. The van der Waals surface area contributed by atoms with Gasteiger partial charge in [-0.05, 0) is 85.1 Å². The van der Waals surface area contributed by atoms with Crippen molar-refractivity contribution in [3.63, 3.8) is 0 Å². The second kappa shape index (κ2) is 4.94. The van der Waals surface area contributed by atoms with Gasteiger partial charge in [0.2, 0.25) is 0 Å². The van der Waals surface area contributed by atoms with Crippen LogP contribution in [0, 0.1) is 18.8 Å². The van der Waals surface area contributed by atoms with Gasteiger partial charge in [-0.2, -0.15) is 0 Å². The summed E-state index contributed by atoms with van der Waals surface area (Å²) in [6.45, 7) is 7.04. The van der Waals surface area contributed by atoms with Crippen molar-refractivity contribution in [2.45, 2.75) is 65.3 Å². The molecule has 0 saturated carbocycles. The molecule has 0 bridgehead atoms. The fraction of sp³-hybridized carbons (Fsp3) is 0.667. The van der Waals surface area contributed by atoms with Gasteiger partial charge in [0, 0.05) is 6.04 Å². The zero-order chi connectivity index (χ0) is 13.6. The third-order valence-corrected chi connectivity index (χ3v) is 5.40. The van der Waals surface area contributed by atoms with E-state index in [0.29, 0.717) is 6.04 Å². The quantitative estimate of drug-likeness (QED) is 0.817. The van der Waals surface area contributed by atoms with Crippen molar-refractivity contribution < 1.29 is 0 Å². The van der Waals surface area contributed by atoms with Crippen LogP contribution in [0.25, 0.3) is 0 Å². The molecule has 2 unspecified atom stereocenters. The Morgan fingerprint density at radius 3 is 2.53 bits per heavy atom. The van der Waals surface area contributed by atoms with Crippen molar-refractivity contribution >= 4 is 0 Å². The zero-order valence-corrected chi connectivity index (χ0v) is 12.6. The highest BCUT2D eigenvalue weighted by Crippen LogP contribution is 2.37. The van der Waals surface area contributed by atoms with Gasteiger partial charge in [0.15, 0.2) is 0 Å². The lowest BCUT2D eigenvalue weighted by Crippen LogP contribution is -2.30. The van der Waals surface area contributed by atoms with Crippen LogP contribution in [-0.4, -0.2) is 6.04 Å². The van der Waals surface area contributed by atoms with Crippen LogP contribution in [0.4, 0.5) is 0 Å². The van der Waals surface area contributed by atoms with Crippen molar-refractivity contribution in [3.8, 4) is 0 Å². The first-order chi connectivity index (χ1) is 9.06. The molecule has 0 saturated heterocycles. The monoisotopic (exact) mass is 257 g/mol. The van der Waals surface area contributed by atoms with Crippen LogP contribution >= 0.6 is 0 Å². The molecule has 1 aromatic carbocycles. The Kier molecular flexibility index (Phi) is 3.42. The zero-order valence-electron chi connectivity index (χ0n) is 12.6. The predicted octanol–water partition coefficient (Wildman–Crippen LogP) is 3.57. The van der Waals surface area contributed by atoms with Crippen LogP contribution in [0.5, 0.6) is 0 Å². The first-order valence-electron chi connectivity index (χ1n) is 7.95. The van der Waals surface area contributed by atoms with Crippen molar-refractivity contribution in [2.24, 2.45) is 17.6 Å². The van der Waals surface area contributed by atoms with E-state index in [-0.39, 0.29) is 0 Å². The van der Waals surface area contributed by atoms with Crippen LogP contribution in [0.2, 0.25) is 0 Å². The standard InChI is InChI=1S/C18H27N/c1-11(2)13-4-6-16-14(9-13)8-12(3)18-10-15(19)5-7-17(16)18/h8,11,13,15H,4-7,9-10,19H2,1-3H3. The summed E-state index contributed by atoms with van der Waals surface area (Å²) in [6.07, 6.45) is 7.47. The minimum Gasteiger partial charge on any atom is -0.327 e. The fourth-order valence-corrected chi connectivity index (χ4v) is 4.11. The minimum absolute atomic E-state index is 0.385. The molecule has 0 amide bonds. The molecule has 2 aliphatic rings. The Bertz CT molecular complexity index is 487. The topological polar surface area (TPSA) is 26.0 Å². The van der Waals surface area contributed by atoms with Crippen molar-refractivity contribution in [1.82, 2.24) is 0 Å². The largest absolute Gasteiger partial charge is 0.327 e. The lowest BCUT2D eigenvalue weighted by atomic mass is 9.73. The number of aryl methyl sites for hydroxylation is 1. The number of rotatable bonds is 1. The Balaban J connectivity index is 2.00. The Morgan fingerprint density at radius 1 is 1.05 bits per heavy atom. The predicted molar refractivity (Wildman–Crippen MR) is 81.5 cm³/mol. The summed E-state index contributed by atoms with van der Waals surface area (Å²) in [5.41, 5.74) is 14.3. The van der Waals surface area contributed by atoms with E-state index in [1.54, 1.807) is 22.3 Å². The molecule has 0 heterocycles. The van der Waals surface area contributed by atoms with Gasteiger partial charge in [-0.15, -0.1) is 0 Å². The molecular formula is C18H27N. The first kappa shape index (κ1) is 13.2. The smallest absolute Gasteiger partial charge is 0.00826 e. The maximum atomic E-state index is 6.16. The molecule has 2 atom stereocenters. The lowest BCUT2D eigenvalue weighted by molar-refractivity contribution is 0.341. The molecule has 2 N–H and O–H groups in total. The van der Waals surface area contributed by atoms with Gasteiger partial charge in [-0.1, -0.05) is 19.9 Å². The number of nitrogens with two attached hydrogens (primary N) is 1. The number of fused-ring (bicyclic) bond motifs is 3. The SMILES string of the molecule is Cc1cc2c(c3c1CC(N)CC3)CCC(C(C)C)C2. The first-order valence-corrected chi connectivity index (χ1v) is 7.95. The molecule has 104 valence electrons. The summed E-state index contributed by atoms with van der Waals surface area (Å²) < 4.78 is 0. The summed E-state index contributed by atoms with van der Waals surface area (Å²) in [5.74, 6) is 1.70. The molecule has 3 rings (SSSR count). The van der Waals surface area contributed by atoms with E-state index in [0.717, 1.165) is 18.3 Å². The fourth-order valence-electron chi connectivity index (χ4n) is 4.11. The minimum atomic E-state index is 0.385. The van der Waals surface area contributed by atoms with E-state index in [1.165, 1.54) is 37.7 Å². The van der Waals surface area contributed by atoms with E-state index in [2.05, 4.69) is 26.8 Å². The summed E-state index contributed by atoms with van der Waals surface area (Å²) in [4.78, 5) is 0. The molecule has 0 spiro atoms. The lowest BCUT2D eigenvalue weighted by Gasteiger charge is -2.33. The molecule has 1 heteroatoms. The highest BCUT2D eigenvalue weighted by atomic mass is 14.6. The summed E-state index contributed by atoms with van der Waals surface area (Å²) in [5, 5.41) is 0. The van der Waals surface area contributed by atoms with E-state index in [4.69, 9.17) is 5.73 Å². The Morgan fingerprint density at radius 2 is 1.79 bits per heavy atom. The molecule has 19 heavy (non-hydrogen) atoms. The molecule has 0 fully saturated rings. The highest BCUT2D eigenvalue weighted by molar-refractivity contribution is 5.48. The average molecular weight is 257 g/mol. The molecule has 1 aromatic rings. The third-order valence-electron chi connectivity index (χ3n) is 5.40. The van der Waals surface area contributed by atoms with Gasteiger partial charge in [0.05, 0.1) is 0 Å². The van der Waals surface area contributed by atoms with Crippen LogP contribution in [0.1, 0.15) is 54.5 Å². The van der Waals surface area contributed by atoms with Crippen molar-refractivity contribution in [2.75, 3.05) is 0 Å². The number of hydrogen-bond donors (Lipinski definition) is 1. The Hall–Kier alpha value is -0.820. The van der Waals surface area contributed by atoms with Gasteiger partial charge in [-0.25, -0.2) is 0 Å². The van der Waals surface area contributed by atoms with Gasteiger partial charge >= 0.3 is 0 Å². The van der Waals surface area contributed by atoms with E-state index in [1.807, 2.05) is 0 Å².